The van der Waals surface area contributed by atoms with Gasteiger partial charge in [0.2, 0.25) is 0 Å². The maximum absolute atomic E-state index is 12.2. The molecular formula is C16H14O5. The van der Waals surface area contributed by atoms with Gasteiger partial charge in [0.25, 0.3) is 0 Å². The molecule has 1 saturated heterocycles. The van der Waals surface area contributed by atoms with Crippen LogP contribution in [0.15, 0.2) is 40.7 Å². The van der Waals surface area contributed by atoms with Gasteiger partial charge in [0.05, 0.1) is 11.8 Å². The SMILES string of the molecule is C[C@@]12CCC(=O)C3=CC=C(c4ccoc4)O[C@]31COC2=O. The first-order valence-corrected chi connectivity index (χ1v) is 6.91. The van der Waals surface area contributed by atoms with E-state index in [2.05, 4.69) is 0 Å². The Kier molecular flexibility index (Phi) is 2.29. The van der Waals surface area contributed by atoms with Crippen LogP contribution in [0.3, 0.4) is 0 Å². The quantitative estimate of drug-likeness (QED) is 0.741. The fourth-order valence-electron chi connectivity index (χ4n) is 3.42. The van der Waals surface area contributed by atoms with E-state index in [0.29, 0.717) is 24.2 Å². The second-order valence-corrected chi connectivity index (χ2v) is 5.88. The second-order valence-electron chi connectivity index (χ2n) is 5.88. The van der Waals surface area contributed by atoms with E-state index in [0.717, 1.165) is 5.56 Å². The molecule has 108 valence electrons. The standard InChI is InChI=1S/C16H14O5/c1-15-6-4-12(17)11-2-3-13(10-5-7-19-8-10)21-16(11,15)9-20-14(15)18/h2-3,5,7-8H,4,6,9H2,1H3/t15-,16+/m0/s1. The molecule has 1 aromatic rings. The second kappa shape index (κ2) is 3.87. The third kappa shape index (κ3) is 1.41. The summed E-state index contributed by atoms with van der Waals surface area (Å²) in [5.41, 5.74) is -0.523. The lowest BCUT2D eigenvalue weighted by Gasteiger charge is -2.45. The minimum atomic E-state index is -1.01. The molecule has 4 rings (SSSR count). The van der Waals surface area contributed by atoms with Crippen molar-refractivity contribution in [1.82, 2.24) is 0 Å². The largest absolute Gasteiger partial charge is 0.477 e. The van der Waals surface area contributed by atoms with Gasteiger partial charge in [0.15, 0.2) is 11.4 Å². The van der Waals surface area contributed by atoms with Crippen molar-refractivity contribution in [3.8, 4) is 0 Å². The summed E-state index contributed by atoms with van der Waals surface area (Å²) in [6, 6.07) is 1.78. The van der Waals surface area contributed by atoms with Crippen LogP contribution in [0.4, 0.5) is 0 Å². The van der Waals surface area contributed by atoms with Gasteiger partial charge in [-0.05, 0) is 31.6 Å². The molecule has 5 heteroatoms. The Bertz CT molecular complexity index is 696. The molecule has 0 bridgehead atoms. The van der Waals surface area contributed by atoms with E-state index in [1.54, 1.807) is 30.7 Å². The number of ether oxygens (including phenoxy) is 2. The molecule has 0 radical (unpaired) electrons. The van der Waals surface area contributed by atoms with Crippen molar-refractivity contribution in [2.24, 2.45) is 5.41 Å². The Balaban J connectivity index is 1.87. The predicted octanol–water partition coefficient (Wildman–Crippen LogP) is 2.24. The minimum absolute atomic E-state index is 0.0215. The van der Waals surface area contributed by atoms with Gasteiger partial charge in [-0.25, -0.2) is 0 Å². The minimum Gasteiger partial charge on any atom is -0.477 e. The highest BCUT2D eigenvalue weighted by molar-refractivity contribution is 6.03. The van der Waals surface area contributed by atoms with E-state index in [1.807, 2.05) is 6.92 Å². The number of esters is 1. The van der Waals surface area contributed by atoms with Crippen molar-refractivity contribution in [3.63, 3.8) is 0 Å². The van der Waals surface area contributed by atoms with Gasteiger partial charge in [-0.3, -0.25) is 9.59 Å². The summed E-state index contributed by atoms with van der Waals surface area (Å²) in [6.45, 7) is 1.90. The van der Waals surface area contributed by atoms with Gasteiger partial charge in [-0.15, -0.1) is 0 Å². The number of cyclic esters (lactones) is 1. The zero-order chi connectivity index (χ0) is 14.7. The Morgan fingerprint density at radius 1 is 1.24 bits per heavy atom. The zero-order valence-electron chi connectivity index (χ0n) is 11.5. The maximum atomic E-state index is 12.2. The first kappa shape index (κ1) is 12.4. The summed E-state index contributed by atoms with van der Waals surface area (Å²) in [7, 11) is 0. The lowest BCUT2D eigenvalue weighted by atomic mass is 9.62. The number of carbonyl (C=O) groups excluding carboxylic acids is 2. The van der Waals surface area contributed by atoms with Crippen molar-refractivity contribution in [2.75, 3.05) is 6.61 Å². The van der Waals surface area contributed by atoms with Crippen molar-refractivity contribution in [2.45, 2.75) is 25.4 Å². The summed E-state index contributed by atoms with van der Waals surface area (Å²) in [5, 5.41) is 0. The highest BCUT2D eigenvalue weighted by Crippen LogP contribution is 2.55. The summed E-state index contributed by atoms with van der Waals surface area (Å²) >= 11 is 0. The summed E-state index contributed by atoms with van der Waals surface area (Å²) in [4.78, 5) is 24.4. The van der Waals surface area contributed by atoms with Crippen LogP contribution in [0.2, 0.25) is 0 Å². The van der Waals surface area contributed by atoms with Gasteiger partial charge >= 0.3 is 5.97 Å². The Hall–Kier alpha value is -2.30. The van der Waals surface area contributed by atoms with Gasteiger partial charge < -0.3 is 13.9 Å². The number of Topliss-reactive ketones (excluding diaryl/α,β-unsaturated/α-hetero) is 1. The van der Waals surface area contributed by atoms with Gasteiger partial charge in [-0.2, -0.15) is 0 Å². The molecule has 0 aromatic carbocycles. The molecule has 1 aliphatic carbocycles. The molecule has 21 heavy (non-hydrogen) atoms. The highest BCUT2D eigenvalue weighted by atomic mass is 16.6. The molecule has 3 aliphatic rings. The molecule has 2 atom stereocenters. The monoisotopic (exact) mass is 286 g/mol. The number of ketones is 1. The average molecular weight is 286 g/mol. The number of furan rings is 1. The summed E-state index contributed by atoms with van der Waals surface area (Å²) in [5.74, 6) is 0.314. The average Bonchev–Trinajstić information content (AvgIpc) is 3.09. The number of hydrogen-bond donors (Lipinski definition) is 0. The van der Waals surface area contributed by atoms with Crippen LogP contribution in [-0.2, 0) is 19.1 Å². The first-order chi connectivity index (χ1) is 10.1. The lowest BCUT2D eigenvalue weighted by Crippen LogP contribution is -2.56. The van der Waals surface area contributed by atoms with E-state index in [9.17, 15) is 9.59 Å². The Morgan fingerprint density at radius 2 is 2.10 bits per heavy atom. The van der Waals surface area contributed by atoms with Crippen molar-refractivity contribution in [1.29, 1.82) is 0 Å². The molecule has 1 aromatic heterocycles. The lowest BCUT2D eigenvalue weighted by molar-refractivity contribution is -0.149. The van der Waals surface area contributed by atoms with Crippen LogP contribution >= 0.6 is 0 Å². The molecule has 1 saturated carbocycles. The van der Waals surface area contributed by atoms with E-state index in [4.69, 9.17) is 13.9 Å². The van der Waals surface area contributed by atoms with Gasteiger partial charge in [-0.1, -0.05) is 0 Å². The molecule has 0 N–H and O–H groups in total. The molecular weight excluding hydrogens is 272 g/mol. The number of allylic oxidation sites excluding steroid dienone is 2. The van der Waals surface area contributed by atoms with Crippen LogP contribution < -0.4 is 0 Å². The van der Waals surface area contributed by atoms with Gasteiger partial charge in [0, 0.05) is 12.0 Å². The Labute approximate surface area is 121 Å². The molecule has 0 unspecified atom stereocenters. The van der Waals surface area contributed by atoms with Gasteiger partial charge in [0.1, 0.15) is 24.0 Å². The highest BCUT2D eigenvalue weighted by Gasteiger charge is 2.67. The van der Waals surface area contributed by atoms with Crippen molar-refractivity contribution in [3.05, 3.63) is 41.9 Å². The molecule has 1 spiro atoms. The molecule has 2 aliphatic heterocycles. The normalized spacial score (nSPS) is 34.3. The molecule has 0 amide bonds. The Morgan fingerprint density at radius 3 is 2.86 bits per heavy atom. The fraction of sp³-hybridized carbons (Fsp3) is 0.375. The molecule has 5 nitrogen and oxygen atoms in total. The van der Waals surface area contributed by atoms with Crippen molar-refractivity contribution >= 4 is 17.5 Å². The molecule has 3 heterocycles. The van der Waals surface area contributed by atoms with Crippen LogP contribution in [0.25, 0.3) is 5.76 Å². The topological polar surface area (TPSA) is 65.7 Å². The summed E-state index contributed by atoms with van der Waals surface area (Å²) < 4.78 is 16.5. The smallest absolute Gasteiger partial charge is 0.316 e. The van der Waals surface area contributed by atoms with E-state index >= 15 is 0 Å². The van der Waals surface area contributed by atoms with E-state index in [1.165, 1.54) is 0 Å². The zero-order valence-corrected chi connectivity index (χ0v) is 11.5. The fourth-order valence-corrected chi connectivity index (χ4v) is 3.42. The molecule has 2 fully saturated rings. The predicted molar refractivity (Wildman–Crippen MR) is 71.9 cm³/mol. The number of rotatable bonds is 1. The number of carbonyl (C=O) groups is 2. The maximum Gasteiger partial charge on any atom is 0.316 e. The third-order valence-electron chi connectivity index (χ3n) is 4.83. The first-order valence-electron chi connectivity index (χ1n) is 6.91. The van der Waals surface area contributed by atoms with Crippen LogP contribution in [0, 0.1) is 5.41 Å². The van der Waals surface area contributed by atoms with Crippen LogP contribution in [-0.4, -0.2) is 24.0 Å². The summed E-state index contributed by atoms with van der Waals surface area (Å²) in [6.07, 6.45) is 7.42. The van der Waals surface area contributed by atoms with Crippen LogP contribution in [0.5, 0.6) is 0 Å². The van der Waals surface area contributed by atoms with Crippen molar-refractivity contribution < 1.29 is 23.5 Å². The third-order valence-corrected chi connectivity index (χ3v) is 4.83. The van der Waals surface area contributed by atoms with E-state index < -0.39 is 11.0 Å². The van der Waals surface area contributed by atoms with Crippen LogP contribution in [0.1, 0.15) is 25.3 Å². The number of hydrogen-bond acceptors (Lipinski definition) is 5. The van der Waals surface area contributed by atoms with E-state index in [-0.39, 0.29) is 18.4 Å².